The van der Waals surface area contributed by atoms with E-state index in [-0.39, 0.29) is 21.9 Å². The minimum atomic E-state index is -3.78. The molecule has 0 aliphatic carbocycles. The number of carbonyl (C=O) groups excluding carboxylic acids is 1. The van der Waals surface area contributed by atoms with Crippen molar-refractivity contribution in [2.45, 2.75) is 17.7 Å². The van der Waals surface area contributed by atoms with Gasteiger partial charge in [-0.3, -0.25) is 0 Å². The van der Waals surface area contributed by atoms with Crippen molar-refractivity contribution in [3.63, 3.8) is 0 Å². The number of esters is 1. The van der Waals surface area contributed by atoms with Gasteiger partial charge in [0.1, 0.15) is 18.2 Å². The van der Waals surface area contributed by atoms with E-state index in [2.05, 4.69) is 9.97 Å². The molecule has 0 spiro atoms. The number of rotatable bonds is 7. The van der Waals surface area contributed by atoms with Crippen molar-refractivity contribution < 1.29 is 23.1 Å². The molecule has 0 radical (unpaired) electrons. The molecule has 35 heavy (non-hydrogen) atoms. The van der Waals surface area contributed by atoms with E-state index < -0.39 is 28.4 Å². The number of imidazole rings is 1. The first-order chi connectivity index (χ1) is 16.7. The predicted octanol–water partition coefficient (Wildman–Crippen LogP) is 3.06. The SMILES string of the molecule is CN(C)S(=O)(=O)c1ccc(N2CCCC2)c(C(=O)OCC(O)=C(C#N)c2nc3ccccc3[nH]2)c1. The molecule has 0 unspecified atom stereocenters. The zero-order chi connectivity index (χ0) is 25.2. The van der Waals surface area contributed by atoms with Crippen LogP contribution in [0.25, 0.3) is 16.6 Å². The van der Waals surface area contributed by atoms with Gasteiger partial charge < -0.3 is 19.7 Å². The van der Waals surface area contributed by atoms with E-state index in [1.54, 1.807) is 24.3 Å². The normalized spacial score (nSPS) is 14.7. The number of anilines is 1. The van der Waals surface area contributed by atoms with Crippen LogP contribution in [0.2, 0.25) is 0 Å². The second-order valence-electron chi connectivity index (χ2n) is 8.27. The zero-order valence-electron chi connectivity index (χ0n) is 19.4. The molecule has 1 aliphatic heterocycles. The fraction of sp³-hybridized carbons (Fsp3) is 0.292. The Bertz CT molecular complexity index is 1410. The predicted molar refractivity (Wildman–Crippen MR) is 130 cm³/mol. The molecular weight excluding hydrogens is 470 g/mol. The van der Waals surface area contributed by atoms with Gasteiger partial charge in [0.15, 0.2) is 11.6 Å². The lowest BCUT2D eigenvalue weighted by atomic mass is 10.1. The number of nitrogens with one attached hydrogen (secondary N) is 1. The summed E-state index contributed by atoms with van der Waals surface area (Å²) in [6.07, 6.45) is 1.91. The Morgan fingerprint density at radius 3 is 2.60 bits per heavy atom. The van der Waals surface area contributed by atoms with Crippen LogP contribution in [0.3, 0.4) is 0 Å². The van der Waals surface area contributed by atoms with Crippen LogP contribution in [0, 0.1) is 11.3 Å². The summed E-state index contributed by atoms with van der Waals surface area (Å²) >= 11 is 0. The Hall–Kier alpha value is -3.88. The van der Waals surface area contributed by atoms with Gasteiger partial charge in [-0.2, -0.15) is 5.26 Å². The van der Waals surface area contributed by atoms with Gasteiger partial charge in [-0.15, -0.1) is 0 Å². The number of hydrogen-bond acceptors (Lipinski definition) is 8. The maximum atomic E-state index is 13.1. The zero-order valence-corrected chi connectivity index (χ0v) is 20.2. The second kappa shape index (κ2) is 9.77. The standard InChI is InChI=1S/C24H25N5O5S/c1-28(2)35(32,33)16-9-10-21(29-11-5-6-12-29)17(13-16)24(31)34-15-22(30)18(14-25)23-26-19-7-3-4-8-20(19)27-23/h3-4,7-10,13,30H,5-6,11-12,15H2,1-2H3,(H,26,27). The van der Waals surface area contributed by atoms with Crippen molar-refractivity contribution >= 4 is 38.3 Å². The third-order valence-corrected chi connectivity index (χ3v) is 7.59. The van der Waals surface area contributed by atoms with Gasteiger partial charge in [0.25, 0.3) is 0 Å². The third kappa shape index (κ3) is 4.84. The van der Waals surface area contributed by atoms with Crippen molar-refractivity contribution in [3.8, 4) is 6.07 Å². The van der Waals surface area contributed by atoms with E-state index in [1.807, 2.05) is 17.0 Å². The Morgan fingerprint density at radius 1 is 1.23 bits per heavy atom. The monoisotopic (exact) mass is 495 g/mol. The summed E-state index contributed by atoms with van der Waals surface area (Å²) < 4.78 is 31.6. The molecule has 10 nitrogen and oxygen atoms in total. The minimum Gasteiger partial charge on any atom is -0.507 e. The number of allylic oxidation sites excluding steroid dienone is 1. The van der Waals surface area contributed by atoms with E-state index in [4.69, 9.17) is 4.74 Å². The number of carbonyl (C=O) groups is 1. The van der Waals surface area contributed by atoms with E-state index >= 15 is 0 Å². The largest absolute Gasteiger partial charge is 0.507 e. The summed E-state index contributed by atoms with van der Waals surface area (Å²) in [6.45, 7) is 0.883. The first-order valence-electron chi connectivity index (χ1n) is 11.0. The lowest BCUT2D eigenvalue weighted by molar-refractivity contribution is 0.0503. The molecular formula is C24H25N5O5S. The van der Waals surface area contributed by atoms with Crippen LogP contribution < -0.4 is 4.90 Å². The number of fused-ring (bicyclic) bond motifs is 1. The molecule has 1 saturated heterocycles. The Balaban J connectivity index is 1.63. The summed E-state index contributed by atoms with van der Waals surface area (Å²) in [4.78, 5) is 22.3. The number of aromatic amines is 1. The quantitative estimate of drug-likeness (QED) is 0.290. The van der Waals surface area contributed by atoms with Gasteiger partial charge in [0.2, 0.25) is 10.0 Å². The smallest absolute Gasteiger partial charge is 0.340 e. The van der Waals surface area contributed by atoms with E-state index in [0.717, 1.165) is 30.2 Å². The summed E-state index contributed by atoms with van der Waals surface area (Å²) in [7, 11) is -0.960. The molecule has 2 aromatic carbocycles. The number of nitriles is 1. The number of aliphatic hydroxyl groups excluding tert-OH is 1. The minimum absolute atomic E-state index is 0.0443. The van der Waals surface area contributed by atoms with Gasteiger partial charge in [-0.1, -0.05) is 12.1 Å². The average molecular weight is 496 g/mol. The highest BCUT2D eigenvalue weighted by atomic mass is 32.2. The summed E-state index contributed by atoms with van der Waals surface area (Å²) in [6, 6.07) is 13.4. The van der Waals surface area contributed by atoms with Gasteiger partial charge in [0, 0.05) is 27.2 Å². The Morgan fingerprint density at radius 2 is 1.94 bits per heavy atom. The molecule has 0 amide bonds. The van der Waals surface area contributed by atoms with Crippen LogP contribution in [0.1, 0.15) is 29.0 Å². The maximum absolute atomic E-state index is 13.1. The number of aromatic nitrogens is 2. The van der Waals surface area contributed by atoms with E-state index in [0.29, 0.717) is 16.7 Å². The number of aliphatic hydroxyl groups is 1. The van der Waals surface area contributed by atoms with Crippen LogP contribution in [0.4, 0.5) is 5.69 Å². The molecule has 4 rings (SSSR count). The third-order valence-electron chi connectivity index (χ3n) is 5.78. The molecule has 2 heterocycles. The van der Waals surface area contributed by atoms with Gasteiger partial charge in [-0.25, -0.2) is 22.5 Å². The van der Waals surface area contributed by atoms with Crippen molar-refractivity contribution in [1.29, 1.82) is 5.26 Å². The molecule has 0 atom stereocenters. The van der Waals surface area contributed by atoms with Crippen molar-refractivity contribution in [2.24, 2.45) is 0 Å². The summed E-state index contributed by atoms with van der Waals surface area (Å²) in [5.74, 6) is -1.13. The topological polar surface area (TPSA) is 140 Å². The van der Waals surface area contributed by atoms with Gasteiger partial charge >= 0.3 is 5.97 Å². The summed E-state index contributed by atoms with van der Waals surface area (Å²) in [5, 5.41) is 20.1. The fourth-order valence-corrected chi connectivity index (χ4v) is 4.82. The first-order valence-corrected chi connectivity index (χ1v) is 12.4. The highest BCUT2D eigenvalue weighted by Crippen LogP contribution is 2.29. The maximum Gasteiger partial charge on any atom is 0.340 e. The number of hydrogen-bond donors (Lipinski definition) is 2. The molecule has 11 heteroatoms. The second-order valence-corrected chi connectivity index (χ2v) is 10.4. The highest BCUT2D eigenvalue weighted by Gasteiger charge is 2.26. The molecule has 2 N–H and O–H groups in total. The van der Waals surface area contributed by atoms with Gasteiger partial charge in [0.05, 0.1) is 27.2 Å². The molecule has 1 aromatic heterocycles. The Labute approximate surface area is 203 Å². The van der Waals surface area contributed by atoms with Gasteiger partial charge in [-0.05, 0) is 43.2 Å². The first kappa shape index (κ1) is 24.3. The van der Waals surface area contributed by atoms with Crippen LogP contribution in [-0.2, 0) is 14.8 Å². The molecule has 1 aliphatic rings. The average Bonchev–Trinajstić information content (AvgIpc) is 3.52. The number of sulfonamides is 1. The molecule has 3 aromatic rings. The number of H-pyrrole nitrogens is 1. The number of para-hydroxylation sites is 2. The lowest BCUT2D eigenvalue weighted by Gasteiger charge is -2.22. The summed E-state index contributed by atoms with van der Waals surface area (Å²) in [5.41, 5.74) is 1.79. The Kier molecular flexibility index (Phi) is 6.77. The molecule has 182 valence electrons. The van der Waals surface area contributed by atoms with E-state index in [1.165, 1.54) is 26.2 Å². The van der Waals surface area contributed by atoms with E-state index in [9.17, 15) is 23.6 Å². The molecule has 1 fully saturated rings. The van der Waals surface area contributed by atoms with Crippen LogP contribution >= 0.6 is 0 Å². The number of nitrogens with zero attached hydrogens (tertiary/aromatic N) is 4. The number of ether oxygens (including phenoxy) is 1. The fourth-order valence-electron chi connectivity index (χ4n) is 3.89. The van der Waals surface area contributed by atoms with Crippen molar-refractivity contribution in [1.82, 2.24) is 14.3 Å². The lowest BCUT2D eigenvalue weighted by Crippen LogP contribution is -2.25. The van der Waals surface area contributed by atoms with Crippen LogP contribution in [0.5, 0.6) is 0 Å². The molecule has 0 saturated carbocycles. The molecule has 0 bridgehead atoms. The van der Waals surface area contributed by atoms with Crippen LogP contribution in [0.15, 0.2) is 53.1 Å². The van der Waals surface area contributed by atoms with Crippen LogP contribution in [-0.4, -0.2) is 67.6 Å². The highest BCUT2D eigenvalue weighted by molar-refractivity contribution is 7.89. The van der Waals surface area contributed by atoms with Crippen molar-refractivity contribution in [2.75, 3.05) is 38.7 Å². The number of benzene rings is 2. The van der Waals surface area contributed by atoms with Crippen molar-refractivity contribution in [3.05, 3.63) is 59.6 Å².